The van der Waals surface area contributed by atoms with Gasteiger partial charge in [0.05, 0.1) is 13.2 Å². The number of Topliss-reactive ketones (excluding diaryl/α,β-unsaturated/α-hetero) is 1. The van der Waals surface area contributed by atoms with E-state index in [4.69, 9.17) is 4.74 Å². The van der Waals surface area contributed by atoms with Crippen LogP contribution >= 0.6 is 0 Å². The normalized spacial score (nSPS) is 19.3. The largest absolute Gasteiger partial charge is 0.378 e. The van der Waals surface area contributed by atoms with Gasteiger partial charge in [-0.15, -0.1) is 0 Å². The fourth-order valence-electron chi connectivity index (χ4n) is 3.87. The van der Waals surface area contributed by atoms with Crippen molar-refractivity contribution in [1.29, 1.82) is 0 Å². The van der Waals surface area contributed by atoms with Crippen LogP contribution in [0, 0.1) is 5.82 Å². The number of rotatable bonds is 5. The van der Waals surface area contributed by atoms with Crippen LogP contribution in [0.5, 0.6) is 0 Å². The number of halogens is 1. The van der Waals surface area contributed by atoms with Gasteiger partial charge in [0, 0.05) is 44.2 Å². The summed E-state index contributed by atoms with van der Waals surface area (Å²) in [4.78, 5) is 71.2. The third-order valence-electron chi connectivity index (χ3n) is 5.84. The molecule has 4 rings (SSSR count). The van der Waals surface area contributed by atoms with Gasteiger partial charge in [-0.1, -0.05) is 12.1 Å². The second-order valence-corrected chi connectivity index (χ2v) is 8.11. The van der Waals surface area contributed by atoms with Gasteiger partial charge in [0.15, 0.2) is 6.04 Å². The highest BCUT2D eigenvalue weighted by molar-refractivity contribution is 6.47. The van der Waals surface area contributed by atoms with E-state index in [0.29, 0.717) is 31.9 Å². The molecule has 1 N–H and O–H groups in total. The topological polar surface area (TPSA) is 129 Å². The van der Waals surface area contributed by atoms with Crippen LogP contribution in [-0.4, -0.2) is 88.8 Å². The van der Waals surface area contributed by atoms with Gasteiger partial charge in [0.2, 0.25) is 0 Å². The van der Waals surface area contributed by atoms with Crippen molar-refractivity contribution < 1.29 is 33.1 Å². The third-order valence-corrected chi connectivity index (χ3v) is 5.84. The van der Waals surface area contributed by atoms with Gasteiger partial charge in [-0.25, -0.2) is 9.38 Å². The number of carbonyl (C=O) groups excluding carboxylic acids is 5. The molecule has 0 aliphatic carbocycles. The highest BCUT2D eigenvalue weighted by atomic mass is 19.1. The van der Waals surface area contributed by atoms with Crippen molar-refractivity contribution in [3.63, 3.8) is 0 Å². The minimum Gasteiger partial charge on any atom is -0.378 e. The highest BCUT2D eigenvalue weighted by Crippen LogP contribution is 2.20. The van der Waals surface area contributed by atoms with E-state index >= 15 is 0 Å². The Labute approximate surface area is 205 Å². The second-order valence-electron chi connectivity index (χ2n) is 8.11. The zero-order valence-corrected chi connectivity index (χ0v) is 19.5. The summed E-state index contributed by atoms with van der Waals surface area (Å²) in [6, 6.07) is 3.81. The summed E-state index contributed by atoms with van der Waals surface area (Å²) in [6.07, 6.45) is 4.07. The van der Waals surface area contributed by atoms with E-state index in [2.05, 4.69) is 10.3 Å². The number of morpholine rings is 1. The zero-order chi connectivity index (χ0) is 25.8. The molecule has 4 amide bonds. The van der Waals surface area contributed by atoms with Crippen LogP contribution in [-0.2, 0) is 35.3 Å². The molecule has 188 valence electrons. The number of carbonyl (C=O) groups is 5. The first-order chi connectivity index (χ1) is 17.3. The molecule has 3 aliphatic rings. The van der Waals surface area contributed by atoms with Crippen LogP contribution in [0.4, 0.5) is 4.39 Å². The molecule has 0 spiro atoms. The van der Waals surface area contributed by atoms with Gasteiger partial charge in [-0.3, -0.25) is 28.9 Å². The SMILES string of the molecule is CCN(C(=O)C(=O)N1CCOCC1)C1=CC2=NC(C(=O)NCc3ccc(F)cc3)C(=O)C(=O)N2C=C1. The molecule has 1 fully saturated rings. The second kappa shape index (κ2) is 10.6. The lowest BCUT2D eigenvalue weighted by Gasteiger charge is -2.32. The van der Waals surface area contributed by atoms with Gasteiger partial charge >= 0.3 is 17.7 Å². The third kappa shape index (κ3) is 5.08. The molecule has 1 atom stereocenters. The molecule has 12 heteroatoms. The summed E-state index contributed by atoms with van der Waals surface area (Å²) in [5.74, 6) is -4.62. The molecule has 11 nitrogen and oxygen atoms in total. The van der Waals surface area contributed by atoms with Crippen molar-refractivity contribution in [3.05, 3.63) is 59.7 Å². The van der Waals surface area contributed by atoms with Crippen LogP contribution in [0.1, 0.15) is 12.5 Å². The molecule has 1 aromatic rings. The Bertz CT molecular complexity index is 1190. The highest BCUT2D eigenvalue weighted by Gasteiger charge is 2.41. The molecule has 1 aromatic carbocycles. The Balaban J connectivity index is 1.52. The molecule has 0 radical (unpaired) electrons. The van der Waals surface area contributed by atoms with Crippen molar-refractivity contribution in [2.45, 2.75) is 19.5 Å². The molecule has 0 aromatic heterocycles. The van der Waals surface area contributed by atoms with Gasteiger partial charge in [-0.05, 0) is 30.7 Å². The van der Waals surface area contributed by atoms with Crippen molar-refractivity contribution in [3.8, 4) is 0 Å². The Hall–Kier alpha value is -4.19. The number of benzene rings is 1. The number of nitrogens with one attached hydrogen (secondary N) is 1. The summed E-state index contributed by atoms with van der Waals surface area (Å²) in [6.45, 7) is 3.17. The van der Waals surface area contributed by atoms with Gasteiger partial charge in [-0.2, -0.15) is 0 Å². The quantitative estimate of drug-likeness (QED) is 0.441. The molecule has 0 saturated carbocycles. The maximum atomic E-state index is 13.1. The number of hydrogen-bond donors (Lipinski definition) is 1. The fourth-order valence-corrected chi connectivity index (χ4v) is 3.87. The van der Waals surface area contributed by atoms with Gasteiger partial charge in [0.25, 0.3) is 11.7 Å². The minimum absolute atomic E-state index is 0.00834. The lowest BCUT2D eigenvalue weighted by atomic mass is 10.1. The first-order valence-electron chi connectivity index (χ1n) is 11.4. The standard InChI is InChI=1S/C24H24FN5O6/c1-2-29(24(35)23(34)28-9-11-36-12-10-28)17-7-8-30-18(13-17)27-19(20(31)22(30)33)21(32)26-14-15-3-5-16(25)6-4-15/h3-8,13,19H,2,9-12,14H2,1H3,(H,26,32). The Morgan fingerprint density at radius 2 is 1.86 bits per heavy atom. The molecular weight excluding hydrogens is 473 g/mol. The van der Waals surface area contributed by atoms with Crippen molar-refractivity contribution in [2.75, 3.05) is 32.8 Å². The van der Waals surface area contributed by atoms with E-state index in [1.54, 1.807) is 6.92 Å². The predicted molar refractivity (Wildman–Crippen MR) is 123 cm³/mol. The monoisotopic (exact) mass is 497 g/mol. The number of ketones is 1. The summed E-state index contributed by atoms with van der Waals surface area (Å²) in [7, 11) is 0. The molecular formula is C24H24FN5O6. The first kappa shape index (κ1) is 24.9. The van der Waals surface area contributed by atoms with E-state index in [1.807, 2.05) is 0 Å². The summed E-state index contributed by atoms with van der Waals surface area (Å²) in [5.41, 5.74) is 0.880. The van der Waals surface area contributed by atoms with Crippen molar-refractivity contribution in [2.24, 2.45) is 4.99 Å². The number of hydrogen-bond acceptors (Lipinski definition) is 7. The Morgan fingerprint density at radius 1 is 1.17 bits per heavy atom. The summed E-state index contributed by atoms with van der Waals surface area (Å²) in [5, 5.41) is 2.53. The number of aliphatic imine (C=N–C) groups is 1. The lowest BCUT2D eigenvalue weighted by molar-refractivity contribution is -0.152. The Kier molecular flexibility index (Phi) is 7.34. The van der Waals surface area contributed by atoms with E-state index < -0.39 is 41.3 Å². The average Bonchev–Trinajstić information content (AvgIpc) is 2.90. The predicted octanol–water partition coefficient (Wildman–Crippen LogP) is -0.261. The number of amidine groups is 1. The van der Waals surface area contributed by atoms with E-state index in [0.717, 1.165) is 4.90 Å². The molecule has 1 unspecified atom stereocenters. The number of likely N-dealkylation sites (N-methyl/N-ethyl adjacent to an activating group) is 1. The molecule has 3 heterocycles. The molecule has 0 bridgehead atoms. The fraction of sp³-hybridized carbons (Fsp3) is 0.333. The van der Waals surface area contributed by atoms with E-state index in [-0.39, 0.29) is 24.6 Å². The number of fused-ring (bicyclic) bond motifs is 1. The molecule has 1 saturated heterocycles. The van der Waals surface area contributed by atoms with Crippen LogP contribution in [0.3, 0.4) is 0 Å². The van der Waals surface area contributed by atoms with Crippen LogP contribution in [0.15, 0.2) is 53.3 Å². The van der Waals surface area contributed by atoms with Crippen LogP contribution < -0.4 is 5.32 Å². The number of nitrogens with zero attached hydrogens (tertiary/aromatic N) is 4. The maximum absolute atomic E-state index is 13.1. The van der Waals surface area contributed by atoms with Crippen molar-refractivity contribution in [1.82, 2.24) is 20.0 Å². The van der Waals surface area contributed by atoms with E-state index in [9.17, 15) is 28.4 Å². The number of allylic oxidation sites excluding steroid dienone is 1. The smallest absolute Gasteiger partial charge is 0.316 e. The maximum Gasteiger partial charge on any atom is 0.316 e. The molecule has 36 heavy (non-hydrogen) atoms. The van der Waals surface area contributed by atoms with Gasteiger partial charge < -0.3 is 19.9 Å². The van der Waals surface area contributed by atoms with Crippen molar-refractivity contribution >= 4 is 35.2 Å². The van der Waals surface area contributed by atoms with Gasteiger partial charge in [0.1, 0.15) is 11.7 Å². The first-order valence-corrected chi connectivity index (χ1v) is 11.4. The minimum atomic E-state index is -1.62. The average molecular weight is 497 g/mol. The summed E-state index contributed by atoms with van der Waals surface area (Å²) < 4.78 is 18.3. The molecule has 3 aliphatic heterocycles. The van der Waals surface area contributed by atoms with Crippen LogP contribution in [0.25, 0.3) is 0 Å². The summed E-state index contributed by atoms with van der Waals surface area (Å²) >= 11 is 0. The zero-order valence-electron chi connectivity index (χ0n) is 19.5. The van der Waals surface area contributed by atoms with Crippen LogP contribution in [0.2, 0.25) is 0 Å². The lowest BCUT2D eigenvalue weighted by Crippen LogP contribution is -2.53. The number of ether oxygens (including phenoxy) is 1. The number of amides is 4. The Morgan fingerprint density at radius 3 is 2.53 bits per heavy atom. The van der Waals surface area contributed by atoms with E-state index in [1.165, 1.54) is 52.4 Å².